The smallest absolute Gasteiger partial charge is 0.154 e. The van der Waals surface area contributed by atoms with Gasteiger partial charge in [0.2, 0.25) is 0 Å². The van der Waals surface area contributed by atoms with E-state index in [9.17, 15) is 0 Å². The summed E-state index contributed by atoms with van der Waals surface area (Å²) in [5.41, 5.74) is 0. The maximum atomic E-state index is 5.23. The Hall–Kier alpha value is 0.330. The van der Waals surface area contributed by atoms with Crippen LogP contribution in [0.1, 0.15) is 5.76 Å². The monoisotopic (exact) mass is 282 g/mol. The predicted octanol–water partition coefficient (Wildman–Crippen LogP) is 3.66. The van der Waals surface area contributed by atoms with Crippen LogP contribution in [0, 0.1) is 0 Å². The van der Waals surface area contributed by atoms with E-state index in [1.54, 1.807) is 6.26 Å². The SMILES string of the molecule is BrC1=C[SH](Br)c2ccoc21. The van der Waals surface area contributed by atoms with Gasteiger partial charge in [-0.15, -0.1) is 9.33 Å². The van der Waals surface area contributed by atoms with E-state index in [0.29, 0.717) is 0 Å². The van der Waals surface area contributed by atoms with Crippen molar-refractivity contribution in [1.82, 2.24) is 0 Å². The fourth-order valence-corrected chi connectivity index (χ4v) is 5.25. The summed E-state index contributed by atoms with van der Waals surface area (Å²) >= 11 is 6.97. The van der Waals surface area contributed by atoms with Crippen molar-refractivity contribution in [3.63, 3.8) is 0 Å². The highest BCUT2D eigenvalue weighted by atomic mass is 79.9. The van der Waals surface area contributed by atoms with Crippen molar-refractivity contribution in [3.05, 3.63) is 23.5 Å². The van der Waals surface area contributed by atoms with E-state index in [0.717, 1.165) is 10.2 Å². The molecule has 54 valence electrons. The van der Waals surface area contributed by atoms with E-state index in [1.807, 2.05) is 6.07 Å². The standard InChI is InChI=1S/C6H4Br2OS/c7-4-3-10(8)5-1-2-9-6(4)5/h1-3,10H. The summed E-state index contributed by atoms with van der Waals surface area (Å²) in [6.07, 6.45) is 1.72. The average Bonchev–Trinajstić information content (AvgIpc) is 2.39. The van der Waals surface area contributed by atoms with Gasteiger partial charge < -0.3 is 4.42 Å². The van der Waals surface area contributed by atoms with E-state index in [-0.39, 0.29) is 9.33 Å². The number of furan rings is 1. The van der Waals surface area contributed by atoms with Crippen LogP contribution >= 0.6 is 40.1 Å². The molecule has 1 aliphatic rings. The molecule has 0 N–H and O–H groups in total. The number of halogens is 2. The molecule has 0 amide bonds. The number of hydrogen-bond acceptors (Lipinski definition) is 1. The first-order valence-corrected chi connectivity index (χ1v) is 6.91. The maximum absolute atomic E-state index is 5.23. The lowest BCUT2D eigenvalue weighted by atomic mass is 10.4. The number of hydrogen-bond donors (Lipinski definition) is 1. The average molecular weight is 284 g/mol. The molecule has 1 unspecified atom stereocenters. The normalized spacial score (nSPS) is 26.2. The van der Waals surface area contributed by atoms with Gasteiger partial charge in [0.25, 0.3) is 0 Å². The highest BCUT2D eigenvalue weighted by Crippen LogP contribution is 2.56. The van der Waals surface area contributed by atoms with Gasteiger partial charge in [-0.3, -0.25) is 0 Å². The Kier molecular flexibility index (Phi) is 1.70. The van der Waals surface area contributed by atoms with Gasteiger partial charge in [0, 0.05) is 4.90 Å². The predicted molar refractivity (Wildman–Crippen MR) is 51.8 cm³/mol. The molecule has 4 heteroatoms. The van der Waals surface area contributed by atoms with Gasteiger partial charge in [0.15, 0.2) is 5.76 Å². The third-order valence-corrected chi connectivity index (χ3v) is 5.32. The zero-order valence-corrected chi connectivity index (χ0v) is 8.91. The van der Waals surface area contributed by atoms with Crippen molar-refractivity contribution in [2.45, 2.75) is 4.90 Å². The summed E-state index contributed by atoms with van der Waals surface area (Å²) in [5.74, 6) is 0.975. The van der Waals surface area contributed by atoms with Crippen LogP contribution in [-0.2, 0) is 0 Å². The lowest BCUT2D eigenvalue weighted by molar-refractivity contribution is 0.551. The lowest BCUT2D eigenvalue weighted by Gasteiger charge is -1.96. The molecule has 0 radical (unpaired) electrons. The maximum Gasteiger partial charge on any atom is 0.154 e. The topological polar surface area (TPSA) is 13.1 Å². The van der Waals surface area contributed by atoms with Gasteiger partial charge in [-0.25, -0.2) is 0 Å². The Balaban J connectivity index is 2.61. The van der Waals surface area contributed by atoms with E-state index in [2.05, 4.69) is 36.2 Å². The molecule has 1 nitrogen and oxygen atoms in total. The molecule has 1 aliphatic heterocycles. The van der Waals surface area contributed by atoms with Gasteiger partial charge in [0.1, 0.15) is 0 Å². The lowest BCUT2D eigenvalue weighted by Crippen LogP contribution is -1.63. The molecule has 0 aliphatic carbocycles. The molecule has 1 aromatic rings. The van der Waals surface area contributed by atoms with Gasteiger partial charge in [-0.05, 0) is 42.2 Å². The number of fused-ring (bicyclic) bond motifs is 1. The molecule has 0 aromatic carbocycles. The van der Waals surface area contributed by atoms with E-state index < -0.39 is 0 Å². The minimum absolute atomic E-state index is 0.273. The Morgan fingerprint density at radius 3 is 3.00 bits per heavy atom. The van der Waals surface area contributed by atoms with Crippen LogP contribution < -0.4 is 0 Å². The minimum Gasteiger partial charge on any atom is -0.463 e. The second kappa shape index (κ2) is 2.43. The highest BCUT2D eigenvalue weighted by molar-refractivity contribution is 9.54. The molecule has 10 heavy (non-hydrogen) atoms. The van der Waals surface area contributed by atoms with Gasteiger partial charge >= 0.3 is 0 Å². The summed E-state index contributed by atoms with van der Waals surface area (Å²) in [7, 11) is -0.273. The Labute approximate surface area is 77.2 Å². The quantitative estimate of drug-likeness (QED) is 0.717. The third kappa shape index (κ3) is 0.898. The van der Waals surface area contributed by atoms with Gasteiger partial charge in [0.05, 0.1) is 10.7 Å². The van der Waals surface area contributed by atoms with Crippen LogP contribution in [0.4, 0.5) is 0 Å². The van der Waals surface area contributed by atoms with Crippen molar-refractivity contribution < 1.29 is 4.42 Å². The zero-order chi connectivity index (χ0) is 7.14. The summed E-state index contributed by atoms with van der Waals surface area (Å²) in [4.78, 5) is 1.27. The van der Waals surface area contributed by atoms with Crippen LogP contribution in [0.25, 0.3) is 4.48 Å². The molecule has 0 saturated heterocycles. The van der Waals surface area contributed by atoms with Crippen molar-refractivity contribution in [2.75, 3.05) is 0 Å². The van der Waals surface area contributed by atoms with Crippen LogP contribution in [-0.4, -0.2) is 0 Å². The van der Waals surface area contributed by atoms with Gasteiger partial charge in [-0.2, -0.15) is 0 Å². The second-order valence-corrected chi connectivity index (χ2v) is 6.43. The third-order valence-electron chi connectivity index (χ3n) is 1.32. The first-order valence-electron chi connectivity index (χ1n) is 2.69. The molecular formula is C6H4Br2OS. The fourth-order valence-electron chi connectivity index (χ4n) is 0.877. The Bertz CT molecular complexity index is 292. The molecule has 1 aromatic heterocycles. The molecular weight excluding hydrogens is 280 g/mol. The van der Waals surface area contributed by atoms with E-state index >= 15 is 0 Å². The van der Waals surface area contributed by atoms with Crippen LogP contribution in [0.15, 0.2) is 27.1 Å². The van der Waals surface area contributed by atoms with Crippen LogP contribution in [0.5, 0.6) is 0 Å². The first kappa shape index (κ1) is 7.00. The molecule has 2 rings (SSSR count). The van der Waals surface area contributed by atoms with Crippen LogP contribution in [0.2, 0.25) is 0 Å². The molecule has 2 heterocycles. The van der Waals surface area contributed by atoms with Crippen molar-refractivity contribution in [2.24, 2.45) is 0 Å². The van der Waals surface area contributed by atoms with Crippen molar-refractivity contribution in [3.8, 4) is 0 Å². The first-order chi connectivity index (χ1) is 4.79. The minimum atomic E-state index is -0.273. The van der Waals surface area contributed by atoms with Crippen LogP contribution in [0.3, 0.4) is 0 Å². The van der Waals surface area contributed by atoms with Crippen molar-refractivity contribution in [1.29, 1.82) is 0 Å². The fraction of sp³-hybridized carbons (Fsp3) is 0. The Morgan fingerprint density at radius 1 is 1.50 bits per heavy atom. The molecule has 0 bridgehead atoms. The molecule has 0 fully saturated rings. The van der Waals surface area contributed by atoms with Crippen molar-refractivity contribution >= 4 is 44.6 Å². The summed E-state index contributed by atoms with van der Waals surface area (Å²) < 4.78 is 6.29. The molecule has 0 saturated carbocycles. The zero-order valence-electron chi connectivity index (χ0n) is 4.84. The highest BCUT2D eigenvalue weighted by Gasteiger charge is 2.19. The van der Waals surface area contributed by atoms with E-state index in [1.165, 1.54) is 4.90 Å². The van der Waals surface area contributed by atoms with Gasteiger partial charge in [-0.1, -0.05) is 0 Å². The second-order valence-electron chi connectivity index (χ2n) is 1.92. The summed E-state index contributed by atoms with van der Waals surface area (Å²) in [6.45, 7) is 0. The van der Waals surface area contributed by atoms with E-state index in [4.69, 9.17) is 4.42 Å². The Morgan fingerprint density at radius 2 is 2.30 bits per heavy atom. The number of thiol groups is 1. The summed E-state index contributed by atoms with van der Waals surface area (Å²) in [6, 6.07) is 2.00. The molecule has 1 atom stereocenters. The number of rotatable bonds is 0. The summed E-state index contributed by atoms with van der Waals surface area (Å²) in [5, 5.41) is 2.13. The molecule has 0 spiro atoms. The largest absolute Gasteiger partial charge is 0.463 e.